The lowest BCUT2D eigenvalue weighted by atomic mass is 9.53. The second-order valence-electron chi connectivity index (χ2n) is 9.34. The van der Waals surface area contributed by atoms with Crippen LogP contribution in [0.3, 0.4) is 0 Å². The molecule has 31 heavy (non-hydrogen) atoms. The summed E-state index contributed by atoms with van der Waals surface area (Å²) in [6.45, 7) is 13.0. The minimum atomic E-state index is -1.00. The monoisotopic (exact) mass is 432 g/mol. The first-order valence-corrected chi connectivity index (χ1v) is 11.0. The van der Waals surface area contributed by atoms with E-state index in [1.165, 1.54) is 0 Å². The van der Waals surface area contributed by atoms with Gasteiger partial charge in [0.05, 0.1) is 0 Å². The number of allylic oxidation sites excluding steroid dienone is 2. The molecule has 0 bridgehead atoms. The predicted molar refractivity (Wildman–Crippen MR) is 118 cm³/mol. The lowest BCUT2D eigenvalue weighted by molar-refractivity contribution is -0.165. The number of hydrogen-bond acceptors (Lipinski definition) is 6. The molecule has 0 heterocycles. The molecule has 0 aromatic heterocycles. The van der Waals surface area contributed by atoms with Gasteiger partial charge in [-0.3, -0.25) is 4.79 Å². The highest BCUT2D eigenvalue weighted by molar-refractivity contribution is 6.00. The van der Waals surface area contributed by atoms with Crippen molar-refractivity contribution in [1.29, 1.82) is 0 Å². The standard InChI is InChI=1S/C25H36O6/c1-8-15(4)23(28)30-12-11-16(5)24(29)31-20-10-9-19-22(27)21(26)18(14(2)3)13-25(19,7)17(20)6/h8,11,17,19-20,22,27H,9-10,12-13H2,1-7H3/b15-8-,16-11-/t17-,19-,20+,22-,25+/m0/s1. The van der Waals surface area contributed by atoms with Crippen molar-refractivity contribution in [2.75, 3.05) is 6.61 Å². The van der Waals surface area contributed by atoms with E-state index in [2.05, 4.69) is 6.92 Å². The second-order valence-corrected chi connectivity index (χ2v) is 9.34. The average Bonchev–Trinajstić information content (AvgIpc) is 2.72. The first-order chi connectivity index (χ1) is 14.4. The van der Waals surface area contributed by atoms with Crippen LogP contribution < -0.4 is 0 Å². The summed E-state index contributed by atoms with van der Waals surface area (Å²) in [6.07, 6.45) is 3.73. The van der Waals surface area contributed by atoms with E-state index in [0.29, 0.717) is 36.0 Å². The maximum absolute atomic E-state index is 12.6. The summed E-state index contributed by atoms with van der Waals surface area (Å²) in [5, 5.41) is 10.7. The van der Waals surface area contributed by atoms with E-state index in [1.807, 2.05) is 20.8 Å². The lowest BCUT2D eigenvalue weighted by Crippen LogP contribution is -2.55. The number of rotatable bonds is 5. The van der Waals surface area contributed by atoms with Crippen LogP contribution in [-0.2, 0) is 23.9 Å². The molecular formula is C25H36O6. The van der Waals surface area contributed by atoms with Gasteiger partial charge in [0.1, 0.15) is 18.8 Å². The summed E-state index contributed by atoms with van der Waals surface area (Å²) in [4.78, 5) is 36.9. The molecule has 2 saturated carbocycles. The molecule has 0 saturated heterocycles. The van der Waals surface area contributed by atoms with Gasteiger partial charge in [-0.1, -0.05) is 25.5 Å². The molecule has 0 aromatic rings. The number of carbonyl (C=O) groups excluding carboxylic acids is 3. The van der Waals surface area contributed by atoms with Crippen LogP contribution in [0.25, 0.3) is 0 Å². The van der Waals surface area contributed by atoms with Gasteiger partial charge in [0.2, 0.25) is 0 Å². The van der Waals surface area contributed by atoms with Crippen LogP contribution in [0.1, 0.15) is 67.7 Å². The van der Waals surface area contributed by atoms with Crippen LogP contribution in [0.4, 0.5) is 0 Å². The van der Waals surface area contributed by atoms with Crippen LogP contribution in [0.2, 0.25) is 0 Å². The predicted octanol–water partition coefficient (Wildman–Crippen LogP) is 4.08. The minimum absolute atomic E-state index is 0.00317. The average molecular weight is 433 g/mol. The van der Waals surface area contributed by atoms with Crippen LogP contribution in [0, 0.1) is 17.3 Å². The second kappa shape index (κ2) is 9.94. The highest BCUT2D eigenvalue weighted by atomic mass is 16.5. The van der Waals surface area contributed by atoms with Crippen molar-refractivity contribution in [1.82, 2.24) is 0 Å². The Labute approximate surface area is 185 Å². The molecule has 2 aliphatic rings. The number of ether oxygens (including phenoxy) is 2. The van der Waals surface area contributed by atoms with Gasteiger partial charge in [0, 0.05) is 11.1 Å². The summed E-state index contributed by atoms with van der Waals surface area (Å²) in [7, 11) is 0. The molecule has 0 amide bonds. The summed E-state index contributed by atoms with van der Waals surface area (Å²) in [5.41, 5.74) is 2.18. The van der Waals surface area contributed by atoms with E-state index in [4.69, 9.17) is 9.47 Å². The van der Waals surface area contributed by atoms with Crippen molar-refractivity contribution in [2.24, 2.45) is 17.3 Å². The number of aliphatic hydroxyl groups is 1. The molecule has 0 unspecified atom stereocenters. The third kappa shape index (κ3) is 5.17. The number of ketones is 1. The highest BCUT2D eigenvalue weighted by Crippen LogP contribution is 2.54. The number of aliphatic hydroxyl groups excluding tert-OH is 1. The molecule has 0 aromatic carbocycles. The van der Waals surface area contributed by atoms with E-state index in [9.17, 15) is 19.5 Å². The van der Waals surface area contributed by atoms with Crippen LogP contribution >= 0.6 is 0 Å². The topological polar surface area (TPSA) is 89.9 Å². The van der Waals surface area contributed by atoms with Crippen LogP contribution in [0.15, 0.2) is 34.4 Å². The van der Waals surface area contributed by atoms with Crippen LogP contribution in [-0.4, -0.2) is 41.6 Å². The van der Waals surface area contributed by atoms with E-state index < -0.39 is 18.0 Å². The molecule has 172 valence electrons. The Morgan fingerprint density at radius 1 is 1.13 bits per heavy atom. The number of esters is 2. The van der Waals surface area contributed by atoms with Crippen molar-refractivity contribution in [3.05, 3.63) is 34.4 Å². The number of fused-ring (bicyclic) bond motifs is 1. The van der Waals surface area contributed by atoms with Crippen molar-refractivity contribution in [3.8, 4) is 0 Å². The maximum Gasteiger partial charge on any atom is 0.333 e. The van der Waals surface area contributed by atoms with E-state index in [-0.39, 0.29) is 35.7 Å². The molecule has 0 radical (unpaired) electrons. The smallest absolute Gasteiger partial charge is 0.333 e. The highest BCUT2D eigenvalue weighted by Gasteiger charge is 2.55. The Balaban J connectivity index is 2.08. The molecule has 2 fully saturated rings. The zero-order chi connectivity index (χ0) is 23.5. The van der Waals surface area contributed by atoms with E-state index in [1.54, 1.807) is 32.9 Å². The first-order valence-electron chi connectivity index (χ1n) is 11.0. The van der Waals surface area contributed by atoms with E-state index in [0.717, 1.165) is 5.57 Å². The Kier molecular flexibility index (Phi) is 8.04. The molecule has 2 rings (SSSR count). The quantitative estimate of drug-likeness (QED) is 0.520. The van der Waals surface area contributed by atoms with Gasteiger partial charge >= 0.3 is 11.9 Å². The third-order valence-corrected chi connectivity index (χ3v) is 7.25. The molecule has 5 atom stereocenters. The van der Waals surface area contributed by atoms with Crippen LogP contribution in [0.5, 0.6) is 0 Å². The molecule has 1 N–H and O–H groups in total. The van der Waals surface area contributed by atoms with Gasteiger partial charge in [-0.05, 0) is 82.8 Å². The molecule has 0 aliphatic heterocycles. The molecule has 0 spiro atoms. The Morgan fingerprint density at radius 3 is 2.35 bits per heavy atom. The summed E-state index contributed by atoms with van der Waals surface area (Å²) < 4.78 is 10.9. The summed E-state index contributed by atoms with van der Waals surface area (Å²) in [5.74, 6) is -1.17. The van der Waals surface area contributed by atoms with Crippen molar-refractivity contribution < 1.29 is 29.0 Å². The fraction of sp³-hybridized carbons (Fsp3) is 0.640. The number of carbonyl (C=O) groups is 3. The normalized spacial score (nSPS) is 31.7. The fourth-order valence-corrected chi connectivity index (χ4v) is 4.70. The van der Waals surface area contributed by atoms with Gasteiger partial charge in [-0.15, -0.1) is 0 Å². The van der Waals surface area contributed by atoms with Crippen molar-refractivity contribution in [2.45, 2.75) is 79.9 Å². The Hall–Kier alpha value is -2.21. The van der Waals surface area contributed by atoms with Gasteiger partial charge in [0.15, 0.2) is 5.78 Å². The summed E-state index contributed by atoms with van der Waals surface area (Å²) >= 11 is 0. The van der Waals surface area contributed by atoms with Gasteiger partial charge in [-0.25, -0.2) is 9.59 Å². The molecule has 6 heteroatoms. The number of Topliss-reactive ketones (excluding diaryl/α,β-unsaturated/α-hetero) is 1. The van der Waals surface area contributed by atoms with Gasteiger partial charge < -0.3 is 14.6 Å². The van der Waals surface area contributed by atoms with Gasteiger partial charge in [0.25, 0.3) is 0 Å². The third-order valence-electron chi connectivity index (χ3n) is 7.25. The lowest BCUT2D eigenvalue weighted by Gasteiger charge is -2.53. The molecule has 6 nitrogen and oxygen atoms in total. The zero-order valence-corrected chi connectivity index (χ0v) is 19.8. The largest absolute Gasteiger partial charge is 0.459 e. The SMILES string of the molecule is C/C=C(/C)C(=O)OC/C=C(/C)C(=O)O[C@@H]1CC[C@H]2[C@H](O)C(=O)C(=C(C)C)C[C@]2(C)[C@H]1C. The van der Waals surface area contributed by atoms with Crippen molar-refractivity contribution >= 4 is 17.7 Å². The maximum atomic E-state index is 12.6. The Bertz CT molecular complexity index is 829. The zero-order valence-electron chi connectivity index (χ0n) is 19.8. The minimum Gasteiger partial charge on any atom is -0.459 e. The molecule has 2 aliphatic carbocycles. The van der Waals surface area contributed by atoms with Gasteiger partial charge in [-0.2, -0.15) is 0 Å². The fourth-order valence-electron chi connectivity index (χ4n) is 4.70. The first kappa shape index (κ1) is 25.1. The summed E-state index contributed by atoms with van der Waals surface area (Å²) in [6, 6.07) is 0. The van der Waals surface area contributed by atoms with Crippen molar-refractivity contribution in [3.63, 3.8) is 0 Å². The Morgan fingerprint density at radius 2 is 1.77 bits per heavy atom. The number of hydrogen-bond donors (Lipinski definition) is 1. The molecular weight excluding hydrogens is 396 g/mol. The van der Waals surface area contributed by atoms with E-state index >= 15 is 0 Å².